The Morgan fingerprint density at radius 1 is 1.04 bits per heavy atom. The molecule has 2 aromatic rings. The van der Waals surface area contributed by atoms with Gasteiger partial charge in [0, 0.05) is 32.7 Å². The predicted octanol–water partition coefficient (Wildman–Crippen LogP) is 3.37. The molecule has 1 aliphatic heterocycles. The third kappa shape index (κ3) is 4.03. The first-order chi connectivity index (χ1) is 12.4. The van der Waals surface area contributed by atoms with Crippen LogP contribution >= 0.6 is 23.2 Å². The predicted molar refractivity (Wildman–Crippen MR) is 102 cm³/mol. The fourth-order valence-electron chi connectivity index (χ4n) is 2.95. The normalized spacial score (nSPS) is 16.3. The molecule has 1 saturated heterocycles. The van der Waals surface area contributed by atoms with Crippen LogP contribution in [0, 0.1) is 11.3 Å². The average molecular weight is 410 g/mol. The van der Waals surface area contributed by atoms with Gasteiger partial charge in [0.05, 0.1) is 21.7 Å². The topological polar surface area (TPSA) is 64.4 Å². The van der Waals surface area contributed by atoms with Gasteiger partial charge in [-0.05, 0) is 29.8 Å². The zero-order valence-corrected chi connectivity index (χ0v) is 16.2. The molecule has 2 aromatic carbocycles. The summed E-state index contributed by atoms with van der Waals surface area (Å²) in [6, 6.07) is 14.2. The maximum atomic E-state index is 12.8. The fourth-order valence-corrected chi connectivity index (χ4v) is 5.11. The van der Waals surface area contributed by atoms with Gasteiger partial charge in [0.15, 0.2) is 0 Å². The maximum Gasteiger partial charge on any atom is 0.244 e. The first-order valence-electron chi connectivity index (χ1n) is 8.07. The maximum absolute atomic E-state index is 12.8. The molecule has 0 saturated carbocycles. The number of halogens is 2. The van der Waals surface area contributed by atoms with Gasteiger partial charge in [-0.1, -0.05) is 41.4 Å². The van der Waals surface area contributed by atoms with Crippen molar-refractivity contribution in [1.82, 2.24) is 9.21 Å². The molecule has 5 nitrogen and oxygen atoms in total. The highest BCUT2D eigenvalue weighted by atomic mass is 35.5. The molecule has 0 spiro atoms. The van der Waals surface area contributed by atoms with Gasteiger partial charge in [-0.2, -0.15) is 9.57 Å². The standard InChI is InChI=1S/C18H17Cl2N3O2S/c19-16-5-2-6-17(18(16)20)26(24,25)23-9-7-22(8-10-23)13-15-4-1-3-14(11-15)12-21/h1-6,11H,7-10,13H2. The summed E-state index contributed by atoms with van der Waals surface area (Å²) in [5, 5.41) is 9.27. The van der Waals surface area contributed by atoms with E-state index in [9.17, 15) is 8.42 Å². The van der Waals surface area contributed by atoms with E-state index in [0.29, 0.717) is 38.3 Å². The smallest absolute Gasteiger partial charge is 0.244 e. The Balaban J connectivity index is 1.68. The lowest BCUT2D eigenvalue weighted by Gasteiger charge is -2.34. The summed E-state index contributed by atoms with van der Waals surface area (Å²) < 4.78 is 27.1. The lowest BCUT2D eigenvalue weighted by atomic mass is 10.1. The van der Waals surface area contributed by atoms with E-state index >= 15 is 0 Å². The fraction of sp³-hybridized carbons (Fsp3) is 0.278. The number of sulfonamides is 1. The van der Waals surface area contributed by atoms with Gasteiger partial charge in [-0.15, -0.1) is 0 Å². The molecule has 136 valence electrons. The Morgan fingerprint density at radius 3 is 2.42 bits per heavy atom. The number of piperazine rings is 1. The number of nitriles is 1. The lowest BCUT2D eigenvalue weighted by molar-refractivity contribution is 0.181. The zero-order chi connectivity index (χ0) is 18.7. The third-order valence-corrected chi connectivity index (χ3v) is 7.20. The van der Waals surface area contributed by atoms with E-state index in [1.807, 2.05) is 18.2 Å². The van der Waals surface area contributed by atoms with Crippen LogP contribution in [0.25, 0.3) is 0 Å². The van der Waals surface area contributed by atoms with E-state index in [1.54, 1.807) is 18.2 Å². The van der Waals surface area contributed by atoms with Crippen molar-refractivity contribution in [3.8, 4) is 6.07 Å². The summed E-state index contributed by atoms with van der Waals surface area (Å²) in [7, 11) is -3.67. The minimum Gasteiger partial charge on any atom is -0.296 e. The van der Waals surface area contributed by atoms with Crippen molar-refractivity contribution in [1.29, 1.82) is 5.26 Å². The molecule has 0 radical (unpaired) electrons. The number of hydrogen-bond acceptors (Lipinski definition) is 4. The average Bonchev–Trinajstić information content (AvgIpc) is 2.64. The summed E-state index contributed by atoms with van der Waals surface area (Å²) in [6.07, 6.45) is 0. The number of hydrogen-bond donors (Lipinski definition) is 0. The Hall–Kier alpha value is -1.62. The molecule has 0 amide bonds. The van der Waals surface area contributed by atoms with Gasteiger partial charge in [0.2, 0.25) is 10.0 Å². The van der Waals surface area contributed by atoms with Gasteiger partial charge in [-0.3, -0.25) is 4.90 Å². The summed E-state index contributed by atoms with van der Waals surface area (Å²) in [5.41, 5.74) is 1.66. The van der Waals surface area contributed by atoms with Crippen molar-refractivity contribution in [2.75, 3.05) is 26.2 Å². The van der Waals surface area contributed by atoms with Gasteiger partial charge < -0.3 is 0 Å². The third-order valence-electron chi connectivity index (χ3n) is 4.33. The van der Waals surface area contributed by atoms with E-state index in [1.165, 1.54) is 10.4 Å². The SMILES string of the molecule is N#Cc1cccc(CN2CCN(S(=O)(=O)c3cccc(Cl)c3Cl)CC2)c1. The molecule has 8 heteroatoms. The molecular weight excluding hydrogens is 393 g/mol. The molecule has 0 bridgehead atoms. The molecule has 0 aromatic heterocycles. The van der Waals surface area contributed by atoms with Crippen molar-refractivity contribution < 1.29 is 8.42 Å². The highest BCUT2D eigenvalue weighted by Crippen LogP contribution is 2.31. The Labute approximate surface area is 163 Å². The van der Waals surface area contributed by atoms with Crippen LogP contribution < -0.4 is 0 Å². The van der Waals surface area contributed by atoms with E-state index in [4.69, 9.17) is 28.5 Å². The minimum absolute atomic E-state index is 0.0434. The van der Waals surface area contributed by atoms with Gasteiger partial charge in [-0.25, -0.2) is 8.42 Å². The molecular formula is C18H17Cl2N3O2S. The van der Waals surface area contributed by atoms with Crippen molar-refractivity contribution in [2.45, 2.75) is 11.4 Å². The van der Waals surface area contributed by atoms with Crippen LogP contribution in [0.5, 0.6) is 0 Å². The Kier molecular flexibility index (Phi) is 5.86. The molecule has 0 atom stereocenters. The van der Waals surface area contributed by atoms with Crippen LogP contribution in [0.2, 0.25) is 10.0 Å². The first-order valence-corrected chi connectivity index (χ1v) is 10.3. The summed E-state index contributed by atoms with van der Waals surface area (Å²) in [5.74, 6) is 0. The summed E-state index contributed by atoms with van der Waals surface area (Å²) in [4.78, 5) is 2.21. The number of nitrogens with zero attached hydrogens (tertiary/aromatic N) is 3. The molecule has 0 aliphatic carbocycles. The van der Waals surface area contributed by atoms with Gasteiger partial charge in [0.25, 0.3) is 0 Å². The molecule has 3 rings (SSSR count). The highest BCUT2D eigenvalue weighted by molar-refractivity contribution is 7.89. The van der Waals surface area contributed by atoms with Crippen LogP contribution in [-0.2, 0) is 16.6 Å². The molecule has 1 heterocycles. The molecule has 26 heavy (non-hydrogen) atoms. The quantitative estimate of drug-likeness (QED) is 0.776. The number of benzene rings is 2. The van der Waals surface area contributed by atoms with E-state index in [-0.39, 0.29) is 14.9 Å². The molecule has 1 fully saturated rings. The molecule has 1 aliphatic rings. The van der Waals surface area contributed by atoms with E-state index < -0.39 is 10.0 Å². The van der Waals surface area contributed by atoms with Crippen LogP contribution in [0.4, 0.5) is 0 Å². The van der Waals surface area contributed by atoms with Gasteiger partial charge >= 0.3 is 0 Å². The monoisotopic (exact) mass is 409 g/mol. The lowest BCUT2D eigenvalue weighted by Crippen LogP contribution is -2.48. The van der Waals surface area contributed by atoms with Crippen LogP contribution in [0.3, 0.4) is 0 Å². The minimum atomic E-state index is -3.67. The van der Waals surface area contributed by atoms with Crippen molar-refractivity contribution in [2.24, 2.45) is 0 Å². The molecule has 0 unspecified atom stereocenters. The van der Waals surface area contributed by atoms with E-state index in [2.05, 4.69) is 11.0 Å². The second kappa shape index (κ2) is 7.95. The Bertz CT molecular complexity index is 949. The zero-order valence-electron chi connectivity index (χ0n) is 13.9. The van der Waals surface area contributed by atoms with Crippen molar-refractivity contribution >= 4 is 33.2 Å². The van der Waals surface area contributed by atoms with Crippen LogP contribution in [0.1, 0.15) is 11.1 Å². The summed E-state index contributed by atoms with van der Waals surface area (Å²) in [6.45, 7) is 2.65. The second-order valence-electron chi connectivity index (χ2n) is 6.04. The van der Waals surface area contributed by atoms with E-state index in [0.717, 1.165) is 5.56 Å². The highest BCUT2D eigenvalue weighted by Gasteiger charge is 2.30. The van der Waals surface area contributed by atoms with Crippen LogP contribution in [0.15, 0.2) is 47.4 Å². The van der Waals surface area contributed by atoms with Crippen molar-refractivity contribution in [3.05, 3.63) is 63.6 Å². The molecule has 0 N–H and O–H groups in total. The summed E-state index contributed by atoms with van der Waals surface area (Å²) >= 11 is 12.0. The second-order valence-corrected chi connectivity index (χ2v) is 8.74. The van der Waals surface area contributed by atoms with Gasteiger partial charge in [0.1, 0.15) is 4.90 Å². The Morgan fingerprint density at radius 2 is 1.73 bits per heavy atom. The largest absolute Gasteiger partial charge is 0.296 e. The van der Waals surface area contributed by atoms with Crippen LogP contribution in [-0.4, -0.2) is 43.8 Å². The van der Waals surface area contributed by atoms with Crippen molar-refractivity contribution in [3.63, 3.8) is 0 Å². The number of rotatable bonds is 4. The first kappa shape index (κ1) is 19.2.